The Kier molecular flexibility index (Phi) is 2.37. The van der Waals surface area contributed by atoms with Crippen molar-refractivity contribution in [2.24, 2.45) is 5.92 Å². The lowest BCUT2D eigenvalue weighted by atomic mass is 9.82. The van der Waals surface area contributed by atoms with Crippen LogP contribution in [0.5, 0.6) is 0 Å². The number of rotatable bonds is 2. The summed E-state index contributed by atoms with van der Waals surface area (Å²) in [4.78, 5) is 0. The summed E-state index contributed by atoms with van der Waals surface area (Å²) < 4.78 is 5.47. The summed E-state index contributed by atoms with van der Waals surface area (Å²) in [6, 6.07) is 0. The smallest absolute Gasteiger partial charge is 0.113 e. The van der Waals surface area contributed by atoms with Crippen molar-refractivity contribution in [3.8, 4) is 0 Å². The van der Waals surface area contributed by atoms with Gasteiger partial charge in [0.25, 0.3) is 0 Å². The molecular weight excluding hydrogens is 164 g/mol. The van der Waals surface area contributed by atoms with E-state index >= 15 is 0 Å². The highest BCUT2D eigenvalue weighted by Gasteiger charge is 2.53. The zero-order valence-corrected chi connectivity index (χ0v) is 8.62. The Labute approximate surface area is 80.3 Å². The van der Waals surface area contributed by atoms with E-state index in [1.165, 1.54) is 32.1 Å². The Morgan fingerprint density at radius 2 is 1.77 bits per heavy atom. The first-order valence-electron chi connectivity index (χ1n) is 5.47. The highest BCUT2D eigenvalue weighted by Crippen LogP contribution is 2.42. The van der Waals surface area contributed by atoms with Crippen molar-refractivity contribution in [1.29, 1.82) is 0 Å². The number of aliphatic hydroxyl groups excluding tert-OH is 1. The molecule has 2 unspecified atom stereocenters. The molecule has 1 saturated heterocycles. The van der Waals surface area contributed by atoms with Crippen molar-refractivity contribution >= 4 is 0 Å². The van der Waals surface area contributed by atoms with Gasteiger partial charge in [-0.3, -0.25) is 0 Å². The van der Waals surface area contributed by atoms with E-state index in [9.17, 15) is 5.11 Å². The maximum Gasteiger partial charge on any atom is 0.113 e. The monoisotopic (exact) mass is 184 g/mol. The van der Waals surface area contributed by atoms with Crippen LogP contribution in [0.1, 0.15) is 46.0 Å². The molecule has 2 heteroatoms. The Morgan fingerprint density at radius 1 is 1.23 bits per heavy atom. The lowest BCUT2D eigenvalue weighted by Gasteiger charge is -2.25. The minimum absolute atomic E-state index is 0.0587. The molecule has 1 heterocycles. The zero-order valence-electron chi connectivity index (χ0n) is 8.62. The van der Waals surface area contributed by atoms with Gasteiger partial charge in [-0.1, -0.05) is 19.3 Å². The first-order chi connectivity index (χ1) is 6.11. The number of hydrogen-bond acceptors (Lipinski definition) is 2. The van der Waals surface area contributed by atoms with Crippen LogP contribution in [0.4, 0.5) is 0 Å². The molecule has 2 aliphatic rings. The van der Waals surface area contributed by atoms with Gasteiger partial charge in [-0.05, 0) is 32.6 Å². The number of ether oxygens (including phenoxy) is 1. The highest BCUT2D eigenvalue weighted by atomic mass is 16.6. The van der Waals surface area contributed by atoms with Crippen LogP contribution in [0.3, 0.4) is 0 Å². The fourth-order valence-electron chi connectivity index (χ4n) is 2.50. The lowest BCUT2D eigenvalue weighted by molar-refractivity contribution is 0.0585. The van der Waals surface area contributed by atoms with Crippen molar-refractivity contribution in [3.63, 3.8) is 0 Å². The van der Waals surface area contributed by atoms with Gasteiger partial charge in [0.15, 0.2) is 0 Å². The third-order valence-corrected chi connectivity index (χ3v) is 3.50. The fourth-order valence-corrected chi connectivity index (χ4v) is 2.50. The third kappa shape index (κ3) is 1.89. The molecule has 0 spiro atoms. The largest absolute Gasteiger partial charge is 0.390 e. The predicted molar refractivity (Wildman–Crippen MR) is 51.5 cm³/mol. The van der Waals surface area contributed by atoms with E-state index in [0.717, 1.165) is 0 Å². The van der Waals surface area contributed by atoms with Crippen LogP contribution in [0.2, 0.25) is 0 Å². The minimum atomic E-state index is -0.213. The van der Waals surface area contributed by atoms with Crippen LogP contribution >= 0.6 is 0 Å². The van der Waals surface area contributed by atoms with Crippen molar-refractivity contribution in [1.82, 2.24) is 0 Å². The summed E-state index contributed by atoms with van der Waals surface area (Å²) in [7, 11) is 0. The van der Waals surface area contributed by atoms with E-state index in [1.54, 1.807) is 0 Å². The standard InChI is InChI=1S/C11H20O2/c1-11(2)10(13-11)9(12)8-6-4-3-5-7-8/h8-10,12H,3-7H2,1-2H3. The Morgan fingerprint density at radius 3 is 2.23 bits per heavy atom. The topological polar surface area (TPSA) is 32.8 Å². The normalized spacial score (nSPS) is 35.8. The molecule has 0 bridgehead atoms. The van der Waals surface area contributed by atoms with Crippen LogP contribution in [-0.4, -0.2) is 22.9 Å². The summed E-state index contributed by atoms with van der Waals surface area (Å²) in [5, 5.41) is 10.0. The van der Waals surface area contributed by atoms with Gasteiger partial charge >= 0.3 is 0 Å². The van der Waals surface area contributed by atoms with Crippen LogP contribution < -0.4 is 0 Å². The SMILES string of the molecule is CC1(C)OC1C(O)C1CCCCC1. The van der Waals surface area contributed by atoms with Crippen molar-refractivity contribution < 1.29 is 9.84 Å². The maximum absolute atomic E-state index is 10.0. The number of aliphatic hydroxyl groups is 1. The average molecular weight is 184 g/mol. The van der Waals surface area contributed by atoms with Gasteiger partial charge in [-0.15, -0.1) is 0 Å². The molecule has 13 heavy (non-hydrogen) atoms. The van der Waals surface area contributed by atoms with Gasteiger partial charge in [0.1, 0.15) is 6.10 Å². The van der Waals surface area contributed by atoms with Gasteiger partial charge in [-0.2, -0.15) is 0 Å². The molecular formula is C11H20O2. The summed E-state index contributed by atoms with van der Waals surface area (Å²) in [5.41, 5.74) is -0.0587. The minimum Gasteiger partial charge on any atom is -0.390 e. The van der Waals surface area contributed by atoms with Crippen LogP contribution in [-0.2, 0) is 4.74 Å². The van der Waals surface area contributed by atoms with E-state index in [1.807, 2.05) is 0 Å². The van der Waals surface area contributed by atoms with Gasteiger partial charge in [0.2, 0.25) is 0 Å². The molecule has 2 fully saturated rings. The molecule has 1 aliphatic carbocycles. The Balaban J connectivity index is 1.86. The molecule has 76 valence electrons. The highest BCUT2D eigenvalue weighted by molar-refractivity contribution is 5.01. The molecule has 2 rings (SSSR count). The summed E-state index contributed by atoms with van der Waals surface area (Å²) >= 11 is 0. The predicted octanol–water partition coefficient (Wildman–Crippen LogP) is 2.10. The first kappa shape index (κ1) is 9.47. The van der Waals surface area contributed by atoms with Crippen molar-refractivity contribution in [3.05, 3.63) is 0 Å². The molecule has 1 N–H and O–H groups in total. The Bertz CT molecular complexity index is 183. The van der Waals surface area contributed by atoms with E-state index in [2.05, 4.69) is 13.8 Å². The molecule has 2 nitrogen and oxygen atoms in total. The average Bonchev–Trinajstić information content (AvgIpc) is 2.76. The fraction of sp³-hybridized carbons (Fsp3) is 1.00. The molecule has 2 atom stereocenters. The second kappa shape index (κ2) is 3.25. The lowest BCUT2D eigenvalue weighted by Crippen LogP contribution is -2.30. The third-order valence-electron chi connectivity index (χ3n) is 3.50. The van der Waals surface area contributed by atoms with Crippen LogP contribution in [0.15, 0.2) is 0 Å². The van der Waals surface area contributed by atoms with Crippen molar-refractivity contribution in [2.45, 2.75) is 63.8 Å². The first-order valence-corrected chi connectivity index (χ1v) is 5.47. The van der Waals surface area contributed by atoms with Gasteiger partial charge in [0, 0.05) is 0 Å². The van der Waals surface area contributed by atoms with Gasteiger partial charge in [-0.25, -0.2) is 0 Å². The van der Waals surface area contributed by atoms with E-state index in [-0.39, 0.29) is 17.8 Å². The maximum atomic E-state index is 10.0. The van der Waals surface area contributed by atoms with E-state index in [4.69, 9.17) is 4.74 Å². The molecule has 0 aromatic carbocycles. The summed E-state index contributed by atoms with van der Waals surface area (Å²) in [6.07, 6.45) is 6.20. The molecule has 0 radical (unpaired) electrons. The van der Waals surface area contributed by atoms with Gasteiger partial charge < -0.3 is 9.84 Å². The second-order valence-corrected chi connectivity index (χ2v) is 5.03. The van der Waals surface area contributed by atoms with Crippen LogP contribution in [0.25, 0.3) is 0 Å². The van der Waals surface area contributed by atoms with E-state index < -0.39 is 0 Å². The van der Waals surface area contributed by atoms with Crippen molar-refractivity contribution in [2.75, 3.05) is 0 Å². The molecule has 0 amide bonds. The Hall–Kier alpha value is -0.0800. The molecule has 1 saturated carbocycles. The zero-order chi connectivity index (χ0) is 9.47. The molecule has 0 aromatic heterocycles. The van der Waals surface area contributed by atoms with Crippen LogP contribution in [0, 0.1) is 5.92 Å². The summed E-state index contributed by atoms with van der Waals surface area (Å²) in [6.45, 7) is 4.12. The number of epoxide rings is 1. The second-order valence-electron chi connectivity index (χ2n) is 5.03. The number of hydrogen-bond donors (Lipinski definition) is 1. The molecule has 1 aliphatic heterocycles. The summed E-state index contributed by atoms with van der Waals surface area (Å²) in [5.74, 6) is 0.500. The van der Waals surface area contributed by atoms with Gasteiger partial charge in [0.05, 0.1) is 11.7 Å². The van der Waals surface area contributed by atoms with E-state index in [0.29, 0.717) is 5.92 Å². The quantitative estimate of drug-likeness (QED) is 0.667. The molecule has 0 aromatic rings.